The van der Waals surface area contributed by atoms with E-state index in [1.807, 2.05) is 6.92 Å². The summed E-state index contributed by atoms with van der Waals surface area (Å²) in [6.45, 7) is 1.94. The summed E-state index contributed by atoms with van der Waals surface area (Å²) >= 11 is 0. The molecule has 0 aromatic carbocycles. The van der Waals surface area contributed by atoms with Crippen LogP contribution in [0.4, 0.5) is 10.2 Å². The Labute approximate surface area is 125 Å². The Bertz CT molecular complexity index is 679. The van der Waals surface area contributed by atoms with Gasteiger partial charge in [0.15, 0.2) is 17.0 Å². The number of nitrogen functional groups attached to an aromatic ring is 1. The molecule has 2 aromatic heterocycles. The van der Waals surface area contributed by atoms with E-state index in [0.29, 0.717) is 6.42 Å². The predicted molar refractivity (Wildman–Crippen MR) is 75.1 cm³/mol. The quantitative estimate of drug-likeness (QED) is 0.697. The van der Waals surface area contributed by atoms with Crippen LogP contribution in [0, 0.1) is 6.08 Å². The summed E-state index contributed by atoms with van der Waals surface area (Å²) in [7, 11) is 0. The number of aliphatic hydroxyl groups excluding tert-OH is 2. The highest BCUT2D eigenvalue weighted by Crippen LogP contribution is 2.33. The summed E-state index contributed by atoms with van der Waals surface area (Å²) in [5.74, 6) is -0.0534. The number of imidazole rings is 1. The summed E-state index contributed by atoms with van der Waals surface area (Å²) < 4.78 is 20.6. The van der Waals surface area contributed by atoms with E-state index >= 15 is 0 Å². The van der Waals surface area contributed by atoms with Crippen LogP contribution in [0.2, 0.25) is 0 Å². The second kappa shape index (κ2) is 5.75. The first-order chi connectivity index (χ1) is 10.5. The number of anilines is 1. The Morgan fingerprint density at radius 2 is 2.32 bits per heavy atom. The maximum absolute atomic E-state index is 13.4. The van der Waals surface area contributed by atoms with Crippen molar-refractivity contribution in [2.75, 3.05) is 5.73 Å². The van der Waals surface area contributed by atoms with Crippen molar-refractivity contribution in [3.05, 3.63) is 12.4 Å². The lowest BCUT2D eigenvalue weighted by Gasteiger charge is -2.20. The Hall–Kier alpha value is -1.84. The smallest absolute Gasteiger partial charge is 0.312 e. The second-order valence-corrected chi connectivity index (χ2v) is 5.42. The molecule has 8 nitrogen and oxygen atoms in total. The van der Waals surface area contributed by atoms with Crippen molar-refractivity contribution in [1.82, 2.24) is 19.5 Å². The zero-order valence-electron chi connectivity index (χ0n) is 12.1. The maximum Gasteiger partial charge on any atom is 0.312 e. The van der Waals surface area contributed by atoms with Crippen LogP contribution in [0.1, 0.15) is 32.4 Å². The van der Waals surface area contributed by atoms with E-state index in [2.05, 4.69) is 15.0 Å². The third-order valence-electron chi connectivity index (χ3n) is 3.83. The minimum atomic E-state index is -0.951. The van der Waals surface area contributed by atoms with Gasteiger partial charge >= 0.3 is 6.08 Å². The lowest BCUT2D eigenvalue weighted by atomic mass is 10.0. The molecule has 1 saturated heterocycles. The van der Waals surface area contributed by atoms with Crippen molar-refractivity contribution in [3.63, 3.8) is 0 Å². The zero-order valence-corrected chi connectivity index (χ0v) is 12.1. The molecule has 22 heavy (non-hydrogen) atoms. The molecule has 0 spiro atoms. The highest BCUT2D eigenvalue weighted by molar-refractivity contribution is 5.81. The molecule has 0 radical (unpaired) electrons. The van der Waals surface area contributed by atoms with Gasteiger partial charge in [0.05, 0.1) is 18.5 Å². The summed E-state index contributed by atoms with van der Waals surface area (Å²) in [5.41, 5.74) is 6.09. The van der Waals surface area contributed by atoms with Gasteiger partial charge < -0.3 is 20.7 Å². The Morgan fingerprint density at radius 1 is 1.55 bits per heavy atom. The number of ether oxygens (including phenoxy) is 1. The summed E-state index contributed by atoms with van der Waals surface area (Å²) in [5, 5.41) is 20.1. The van der Waals surface area contributed by atoms with Gasteiger partial charge in [-0.25, -0.2) is 4.98 Å². The molecule has 0 amide bonds. The van der Waals surface area contributed by atoms with Crippen LogP contribution in [0.5, 0.6) is 0 Å². The molecular weight excluding hydrogens is 293 g/mol. The van der Waals surface area contributed by atoms with Gasteiger partial charge in [0, 0.05) is 6.42 Å². The van der Waals surface area contributed by atoms with Gasteiger partial charge in [-0.05, 0) is 6.42 Å². The molecule has 4 N–H and O–H groups in total. The molecule has 1 fully saturated rings. The fourth-order valence-electron chi connectivity index (χ4n) is 2.78. The van der Waals surface area contributed by atoms with E-state index in [4.69, 9.17) is 10.5 Å². The van der Waals surface area contributed by atoms with E-state index in [1.54, 1.807) is 0 Å². The number of halogens is 1. The van der Waals surface area contributed by atoms with Gasteiger partial charge in [0.2, 0.25) is 0 Å². The van der Waals surface area contributed by atoms with Crippen molar-refractivity contribution < 1.29 is 19.3 Å². The van der Waals surface area contributed by atoms with E-state index in [-0.39, 0.29) is 23.4 Å². The largest absolute Gasteiger partial charge is 0.390 e. The Kier molecular flexibility index (Phi) is 3.94. The molecule has 120 valence electrons. The van der Waals surface area contributed by atoms with Crippen molar-refractivity contribution in [1.29, 1.82) is 0 Å². The number of fused-ring (bicyclic) bond motifs is 1. The predicted octanol–water partition coefficient (Wildman–Crippen LogP) is 0.357. The molecule has 0 saturated carbocycles. The highest BCUT2D eigenvalue weighted by atomic mass is 19.1. The number of aliphatic hydroxyl groups is 2. The molecule has 4 atom stereocenters. The minimum Gasteiger partial charge on any atom is -0.390 e. The van der Waals surface area contributed by atoms with E-state index < -0.39 is 30.6 Å². The first-order valence-electron chi connectivity index (χ1n) is 7.18. The number of aromatic nitrogens is 4. The maximum atomic E-state index is 13.4. The molecule has 9 heteroatoms. The van der Waals surface area contributed by atoms with Gasteiger partial charge in [0.25, 0.3) is 0 Å². The van der Waals surface area contributed by atoms with Crippen LogP contribution in [-0.4, -0.2) is 48.0 Å². The van der Waals surface area contributed by atoms with Gasteiger partial charge in [-0.2, -0.15) is 14.4 Å². The van der Waals surface area contributed by atoms with Crippen LogP contribution >= 0.6 is 0 Å². The lowest BCUT2D eigenvalue weighted by Crippen LogP contribution is -2.34. The van der Waals surface area contributed by atoms with Gasteiger partial charge in [0.1, 0.15) is 12.3 Å². The lowest BCUT2D eigenvalue weighted by molar-refractivity contribution is -0.0834. The molecule has 1 aliphatic heterocycles. The van der Waals surface area contributed by atoms with Crippen molar-refractivity contribution in [2.24, 2.45) is 0 Å². The Morgan fingerprint density at radius 3 is 3.05 bits per heavy atom. The molecule has 1 unspecified atom stereocenters. The number of hydrogen-bond donors (Lipinski definition) is 3. The summed E-state index contributed by atoms with van der Waals surface area (Å²) in [6.07, 6.45) is -0.817. The van der Waals surface area contributed by atoms with Gasteiger partial charge in [-0.3, -0.25) is 4.57 Å². The highest BCUT2D eigenvalue weighted by Gasteiger charge is 2.39. The third-order valence-corrected chi connectivity index (χ3v) is 3.83. The zero-order chi connectivity index (χ0) is 15.9. The van der Waals surface area contributed by atoms with Gasteiger partial charge in [-0.15, -0.1) is 0 Å². The molecule has 1 aliphatic rings. The second-order valence-electron chi connectivity index (χ2n) is 5.42. The first-order valence-corrected chi connectivity index (χ1v) is 7.18. The van der Waals surface area contributed by atoms with Crippen LogP contribution < -0.4 is 5.73 Å². The average molecular weight is 311 g/mol. The SMILES string of the molecule is CCCC(O)[C@H]1O[C@@H](n2cnc3c(N)nc(F)nc32)C[C@@H]1O. The summed E-state index contributed by atoms with van der Waals surface area (Å²) in [6, 6.07) is 0. The van der Waals surface area contributed by atoms with Crippen LogP contribution in [-0.2, 0) is 4.74 Å². The number of nitrogens with two attached hydrogens (primary N) is 1. The minimum absolute atomic E-state index is 0.0534. The Balaban J connectivity index is 1.90. The van der Waals surface area contributed by atoms with Gasteiger partial charge in [-0.1, -0.05) is 13.3 Å². The number of rotatable bonds is 4. The van der Waals surface area contributed by atoms with Crippen molar-refractivity contribution in [2.45, 2.75) is 50.7 Å². The molecule has 3 rings (SSSR count). The normalized spacial score (nSPS) is 26.6. The van der Waals surface area contributed by atoms with E-state index in [1.165, 1.54) is 10.9 Å². The number of nitrogens with zero attached hydrogens (tertiary/aromatic N) is 4. The third kappa shape index (κ3) is 2.51. The number of hydrogen-bond acceptors (Lipinski definition) is 7. The van der Waals surface area contributed by atoms with E-state index in [9.17, 15) is 14.6 Å². The fraction of sp³-hybridized carbons (Fsp3) is 0.615. The molecule has 0 aliphatic carbocycles. The first kappa shape index (κ1) is 15.1. The monoisotopic (exact) mass is 311 g/mol. The standard InChI is InChI=1S/C13H18FN5O3/c1-2-3-6(20)10-7(21)4-8(22-10)19-5-16-9-11(15)17-13(14)18-12(9)19/h5-8,10,20-21H,2-4H2,1H3,(H2,15,17,18)/t6?,7-,8+,10+/m0/s1. The molecule has 3 heterocycles. The van der Waals surface area contributed by atoms with E-state index in [0.717, 1.165) is 6.42 Å². The van der Waals surface area contributed by atoms with Crippen LogP contribution in [0.3, 0.4) is 0 Å². The summed E-state index contributed by atoms with van der Waals surface area (Å²) in [4.78, 5) is 11.2. The van der Waals surface area contributed by atoms with Crippen molar-refractivity contribution in [3.8, 4) is 0 Å². The van der Waals surface area contributed by atoms with Crippen LogP contribution in [0.15, 0.2) is 6.33 Å². The molecular formula is C13H18FN5O3. The topological polar surface area (TPSA) is 119 Å². The molecule has 2 aromatic rings. The van der Waals surface area contributed by atoms with Crippen molar-refractivity contribution >= 4 is 17.0 Å². The fourth-order valence-corrected chi connectivity index (χ4v) is 2.78. The average Bonchev–Trinajstić information content (AvgIpc) is 3.02. The molecule has 0 bridgehead atoms. The van der Waals surface area contributed by atoms with Crippen LogP contribution in [0.25, 0.3) is 11.2 Å².